The van der Waals surface area contributed by atoms with E-state index in [0.717, 1.165) is 0 Å². The number of hydrogen-bond donors (Lipinski definition) is 1. The normalized spacial score (nSPS) is 17.4. The number of anilines is 1. The quantitative estimate of drug-likeness (QED) is 0.360. The predicted molar refractivity (Wildman–Crippen MR) is 120 cm³/mol. The van der Waals surface area contributed by atoms with Crippen molar-refractivity contribution in [1.29, 1.82) is 0 Å². The van der Waals surface area contributed by atoms with Gasteiger partial charge in [0.2, 0.25) is 0 Å². The number of methoxy groups -OCH3 is 1. The van der Waals surface area contributed by atoms with Crippen molar-refractivity contribution >= 4 is 23.1 Å². The topological polar surface area (TPSA) is 89.0 Å². The number of pyridine rings is 1. The van der Waals surface area contributed by atoms with E-state index in [-0.39, 0.29) is 11.3 Å². The van der Waals surface area contributed by atoms with Crippen LogP contribution in [0.5, 0.6) is 11.5 Å². The summed E-state index contributed by atoms with van der Waals surface area (Å²) in [6, 6.07) is 17.9. The fourth-order valence-corrected chi connectivity index (χ4v) is 3.71. The minimum absolute atomic E-state index is 0.0295. The molecule has 2 heterocycles. The molecule has 1 atom stereocenters. The van der Waals surface area contributed by atoms with Gasteiger partial charge in [-0.1, -0.05) is 18.2 Å². The van der Waals surface area contributed by atoms with Crippen LogP contribution >= 0.6 is 0 Å². The van der Waals surface area contributed by atoms with Crippen LogP contribution in [0.2, 0.25) is 0 Å². The van der Waals surface area contributed by atoms with Crippen molar-refractivity contribution in [3.05, 3.63) is 89.8 Å². The van der Waals surface area contributed by atoms with Gasteiger partial charge in [0.25, 0.3) is 11.7 Å². The number of hydrogen-bond acceptors (Lipinski definition) is 6. The van der Waals surface area contributed by atoms with E-state index in [1.807, 2.05) is 6.92 Å². The number of carbonyl (C=O) groups excluding carboxylic acids is 2. The number of ether oxygens (including phenoxy) is 2. The SMILES string of the molecule is CCOc1cccc(/C(O)=C2/C(=O)C(=O)N(c3ccc(OC)cc3)C2c2ccccn2)c1. The number of Topliss-reactive ketones (excluding diaryl/α,β-unsaturated/α-hetero) is 1. The molecule has 32 heavy (non-hydrogen) atoms. The van der Waals surface area contributed by atoms with Crippen molar-refractivity contribution in [2.45, 2.75) is 13.0 Å². The Morgan fingerprint density at radius 3 is 2.47 bits per heavy atom. The number of ketones is 1. The Bertz CT molecular complexity index is 1170. The van der Waals surface area contributed by atoms with E-state index < -0.39 is 17.7 Å². The summed E-state index contributed by atoms with van der Waals surface area (Å²) in [7, 11) is 1.55. The van der Waals surface area contributed by atoms with Crippen LogP contribution in [-0.4, -0.2) is 35.5 Å². The first-order valence-electron chi connectivity index (χ1n) is 10.1. The fourth-order valence-electron chi connectivity index (χ4n) is 3.71. The molecule has 1 fully saturated rings. The minimum Gasteiger partial charge on any atom is -0.507 e. The smallest absolute Gasteiger partial charge is 0.300 e. The second-order valence-corrected chi connectivity index (χ2v) is 7.08. The third kappa shape index (κ3) is 3.80. The molecule has 1 aromatic heterocycles. The number of aliphatic hydroxyl groups excluding tert-OH is 1. The zero-order chi connectivity index (χ0) is 22.7. The first-order valence-corrected chi connectivity index (χ1v) is 10.1. The Hall–Kier alpha value is -4.13. The molecule has 3 aromatic rings. The molecule has 1 saturated heterocycles. The third-order valence-electron chi connectivity index (χ3n) is 5.18. The molecule has 4 rings (SSSR count). The van der Waals surface area contributed by atoms with Crippen LogP contribution in [0.3, 0.4) is 0 Å². The Balaban J connectivity index is 1.89. The van der Waals surface area contributed by atoms with Crippen molar-refractivity contribution in [2.24, 2.45) is 0 Å². The number of aromatic nitrogens is 1. The molecule has 0 saturated carbocycles. The van der Waals surface area contributed by atoms with Gasteiger partial charge in [-0.3, -0.25) is 19.5 Å². The van der Waals surface area contributed by atoms with Crippen molar-refractivity contribution in [1.82, 2.24) is 4.98 Å². The molecule has 162 valence electrons. The molecule has 0 aliphatic carbocycles. The first-order chi connectivity index (χ1) is 15.5. The van der Waals surface area contributed by atoms with Crippen LogP contribution in [0.4, 0.5) is 5.69 Å². The van der Waals surface area contributed by atoms with Gasteiger partial charge >= 0.3 is 0 Å². The van der Waals surface area contributed by atoms with Crippen molar-refractivity contribution < 1.29 is 24.2 Å². The second kappa shape index (κ2) is 8.93. The lowest BCUT2D eigenvalue weighted by Gasteiger charge is -2.24. The lowest BCUT2D eigenvalue weighted by Crippen LogP contribution is -2.29. The van der Waals surface area contributed by atoms with E-state index in [4.69, 9.17) is 9.47 Å². The molecule has 1 amide bonds. The van der Waals surface area contributed by atoms with E-state index in [2.05, 4.69) is 4.98 Å². The molecule has 0 bridgehead atoms. The van der Waals surface area contributed by atoms with Crippen LogP contribution in [0, 0.1) is 0 Å². The van der Waals surface area contributed by atoms with Gasteiger partial charge in [0.05, 0.1) is 25.0 Å². The van der Waals surface area contributed by atoms with Gasteiger partial charge in [0, 0.05) is 17.4 Å². The number of benzene rings is 2. The van der Waals surface area contributed by atoms with Crippen LogP contribution < -0.4 is 14.4 Å². The number of amides is 1. The highest BCUT2D eigenvalue weighted by molar-refractivity contribution is 6.51. The van der Waals surface area contributed by atoms with Crippen molar-refractivity contribution in [3.63, 3.8) is 0 Å². The Labute approximate surface area is 185 Å². The summed E-state index contributed by atoms with van der Waals surface area (Å²) in [5, 5.41) is 11.2. The van der Waals surface area contributed by atoms with Crippen LogP contribution in [-0.2, 0) is 9.59 Å². The summed E-state index contributed by atoms with van der Waals surface area (Å²) in [5.41, 5.74) is 1.30. The van der Waals surface area contributed by atoms with E-state index in [0.29, 0.717) is 35.1 Å². The van der Waals surface area contributed by atoms with Gasteiger partial charge in [-0.25, -0.2) is 0 Å². The maximum Gasteiger partial charge on any atom is 0.300 e. The van der Waals surface area contributed by atoms with Gasteiger partial charge in [-0.05, 0) is 55.5 Å². The lowest BCUT2D eigenvalue weighted by molar-refractivity contribution is -0.132. The molecule has 7 nitrogen and oxygen atoms in total. The summed E-state index contributed by atoms with van der Waals surface area (Å²) >= 11 is 0. The summed E-state index contributed by atoms with van der Waals surface area (Å²) in [4.78, 5) is 32.0. The second-order valence-electron chi connectivity index (χ2n) is 7.08. The Morgan fingerprint density at radius 1 is 1.03 bits per heavy atom. The number of aliphatic hydroxyl groups is 1. The fraction of sp³-hybridized carbons (Fsp3) is 0.160. The molecule has 1 aliphatic heterocycles. The Kier molecular flexibility index (Phi) is 5.89. The molecule has 0 spiro atoms. The number of carbonyl (C=O) groups is 2. The molecule has 1 aliphatic rings. The molecule has 2 aromatic carbocycles. The zero-order valence-electron chi connectivity index (χ0n) is 17.7. The largest absolute Gasteiger partial charge is 0.507 e. The molecule has 1 N–H and O–H groups in total. The van der Waals surface area contributed by atoms with E-state index in [1.165, 1.54) is 4.90 Å². The first kappa shape index (κ1) is 21.1. The van der Waals surface area contributed by atoms with Gasteiger partial charge in [0.1, 0.15) is 23.3 Å². The van der Waals surface area contributed by atoms with Crippen molar-refractivity contribution in [3.8, 4) is 11.5 Å². The maximum absolute atomic E-state index is 13.1. The van der Waals surface area contributed by atoms with E-state index >= 15 is 0 Å². The summed E-state index contributed by atoms with van der Waals surface area (Å²) in [6.45, 7) is 2.31. The summed E-state index contributed by atoms with van der Waals surface area (Å²) in [5.74, 6) is -0.636. The number of rotatable bonds is 6. The maximum atomic E-state index is 13.1. The average molecular weight is 430 g/mol. The van der Waals surface area contributed by atoms with Gasteiger partial charge in [-0.15, -0.1) is 0 Å². The molecule has 1 unspecified atom stereocenters. The highest BCUT2D eigenvalue weighted by Gasteiger charge is 2.47. The average Bonchev–Trinajstić information content (AvgIpc) is 3.10. The monoisotopic (exact) mass is 430 g/mol. The highest BCUT2D eigenvalue weighted by Crippen LogP contribution is 2.42. The zero-order valence-corrected chi connectivity index (χ0v) is 17.7. The predicted octanol–water partition coefficient (Wildman–Crippen LogP) is 4.12. The lowest BCUT2D eigenvalue weighted by atomic mass is 9.98. The third-order valence-corrected chi connectivity index (χ3v) is 5.18. The van der Waals surface area contributed by atoms with E-state index in [9.17, 15) is 14.7 Å². The Morgan fingerprint density at radius 2 is 1.81 bits per heavy atom. The van der Waals surface area contributed by atoms with Gasteiger partial charge < -0.3 is 14.6 Å². The molecule has 0 radical (unpaired) electrons. The van der Waals surface area contributed by atoms with Gasteiger partial charge in [0.15, 0.2) is 0 Å². The minimum atomic E-state index is -0.889. The highest BCUT2D eigenvalue weighted by atomic mass is 16.5. The molecular weight excluding hydrogens is 408 g/mol. The van der Waals surface area contributed by atoms with Gasteiger partial charge in [-0.2, -0.15) is 0 Å². The van der Waals surface area contributed by atoms with E-state index in [1.54, 1.807) is 80.0 Å². The standard InChI is InChI=1S/C25H22N2O5/c1-3-32-19-8-6-7-16(15-19)23(28)21-22(20-9-4-5-14-26-20)27(25(30)24(21)29)17-10-12-18(31-2)13-11-17/h4-15,22,28H,3H2,1-2H3/b23-21-. The van der Waals surface area contributed by atoms with Crippen LogP contribution in [0.25, 0.3) is 5.76 Å². The molecule has 7 heteroatoms. The van der Waals surface area contributed by atoms with Crippen LogP contribution in [0.15, 0.2) is 78.5 Å². The van der Waals surface area contributed by atoms with Crippen LogP contribution in [0.1, 0.15) is 24.2 Å². The summed E-state index contributed by atoms with van der Waals surface area (Å²) in [6.07, 6.45) is 1.58. The van der Waals surface area contributed by atoms with Crippen molar-refractivity contribution in [2.75, 3.05) is 18.6 Å². The summed E-state index contributed by atoms with van der Waals surface area (Å²) < 4.78 is 10.7. The molecular formula is C25H22N2O5. The number of nitrogens with zero attached hydrogens (tertiary/aromatic N) is 2.